The zero-order chi connectivity index (χ0) is 22.3. The van der Waals surface area contributed by atoms with Gasteiger partial charge in [0, 0.05) is 29.4 Å². The van der Waals surface area contributed by atoms with Gasteiger partial charge in [-0.25, -0.2) is 0 Å². The first-order valence-corrected chi connectivity index (χ1v) is 13.2. The van der Waals surface area contributed by atoms with Gasteiger partial charge in [0.05, 0.1) is 0 Å². The molecule has 0 aliphatic carbocycles. The van der Waals surface area contributed by atoms with Gasteiger partial charge in [0.15, 0.2) is 0 Å². The van der Waals surface area contributed by atoms with Crippen molar-refractivity contribution >= 4 is 35.3 Å². The lowest BCUT2D eigenvalue weighted by molar-refractivity contribution is 1.33. The molecule has 0 aliphatic rings. The summed E-state index contributed by atoms with van der Waals surface area (Å²) in [7, 11) is 0. The molecule has 33 heavy (non-hydrogen) atoms. The van der Waals surface area contributed by atoms with E-state index < -0.39 is 0 Å². The zero-order valence-corrected chi connectivity index (χ0v) is 20.4. The summed E-state index contributed by atoms with van der Waals surface area (Å²) in [4.78, 5) is 7.54. The Labute approximate surface area is 208 Å². The molecule has 0 aliphatic heterocycles. The minimum atomic E-state index is 1.24. The highest BCUT2D eigenvalue weighted by molar-refractivity contribution is 8.00. The molecule has 0 aromatic heterocycles. The van der Waals surface area contributed by atoms with Crippen molar-refractivity contribution in [2.45, 2.75) is 29.4 Å². The minimum Gasteiger partial charge on any atom is -0.0901 e. The molecule has 0 unspecified atom stereocenters. The molecule has 0 atom stereocenters. The van der Waals surface area contributed by atoms with Gasteiger partial charge in [0.1, 0.15) is 0 Å². The molecule has 5 aromatic rings. The third kappa shape index (κ3) is 5.94. The van der Waals surface area contributed by atoms with Gasteiger partial charge in [-0.2, -0.15) is 0 Å². The average Bonchev–Trinajstić information content (AvgIpc) is 2.87. The van der Waals surface area contributed by atoms with E-state index in [1.807, 2.05) is 11.8 Å². The highest BCUT2D eigenvalue weighted by Crippen LogP contribution is 2.38. The second-order valence-corrected chi connectivity index (χ2v) is 10.8. The summed E-state index contributed by atoms with van der Waals surface area (Å²) < 4.78 is 0. The number of rotatable bonds is 7. The lowest BCUT2D eigenvalue weighted by Crippen LogP contribution is -1.83. The molecule has 0 N–H and O–H groups in total. The van der Waals surface area contributed by atoms with E-state index in [1.165, 1.54) is 40.5 Å². The molecule has 0 bridgehead atoms. The summed E-state index contributed by atoms with van der Waals surface area (Å²) in [5.41, 5.74) is 2.51. The predicted octanol–water partition coefficient (Wildman–Crippen LogP) is 9.81. The first-order chi connectivity index (χ1) is 16.3. The molecule has 5 rings (SSSR count). The van der Waals surface area contributed by atoms with Crippen molar-refractivity contribution in [1.29, 1.82) is 0 Å². The van der Waals surface area contributed by atoms with E-state index in [0.29, 0.717) is 0 Å². The Morgan fingerprint density at radius 3 is 1.24 bits per heavy atom. The number of benzene rings is 5. The summed E-state index contributed by atoms with van der Waals surface area (Å²) in [6.45, 7) is 0. The van der Waals surface area contributed by atoms with Crippen LogP contribution in [-0.4, -0.2) is 0 Å². The molecule has 0 saturated carbocycles. The van der Waals surface area contributed by atoms with E-state index in [1.54, 1.807) is 23.5 Å². The van der Waals surface area contributed by atoms with Crippen LogP contribution in [0, 0.1) is 0 Å². The average molecular weight is 479 g/mol. The number of hydrogen-bond acceptors (Lipinski definition) is 3. The van der Waals surface area contributed by atoms with Crippen molar-refractivity contribution in [2.75, 3.05) is 0 Å². The Bertz CT molecular complexity index is 1300. The van der Waals surface area contributed by atoms with Crippen LogP contribution >= 0.6 is 35.3 Å². The van der Waals surface area contributed by atoms with Crippen LogP contribution in [0.15, 0.2) is 163 Å². The Morgan fingerprint density at radius 1 is 0.303 bits per heavy atom. The third-order valence-corrected chi connectivity index (χ3v) is 8.18. The molecule has 0 heterocycles. The van der Waals surface area contributed by atoms with Gasteiger partial charge in [0.25, 0.3) is 0 Å². The van der Waals surface area contributed by atoms with E-state index in [9.17, 15) is 0 Å². The maximum Gasteiger partial charge on any atom is 0.0200 e. The Balaban J connectivity index is 1.31. The van der Waals surface area contributed by atoms with E-state index in [0.717, 1.165) is 0 Å². The fraction of sp³-hybridized carbons (Fsp3) is 0. The SMILES string of the molecule is c1ccc(Sc2ccc(Sc3ccccc3-c3ccc(Sc4ccccc4)cc3)cc2)cc1. The molecule has 0 amide bonds. The van der Waals surface area contributed by atoms with Crippen LogP contribution in [0.3, 0.4) is 0 Å². The van der Waals surface area contributed by atoms with Gasteiger partial charge in [-0.1, -0.05) is 102 Å². The standard InChI is InChI=1S/C30H22S3/c1-3-9-24(10-4-1)31-26-17-15-23(16-18-26)29-13-7-8-14-30(29)33-28-21-19-27(20-22-28)32-25-11-5-2-6-12-25/h1-22H. The monoisotopic (exact) mass is 478 g/mol. The fourth-order valence-electron chi connectivity index (χ4n) is 3.45. The Hall–Kier alpha value is -2.85. The smallest absolute Gasteiger partial charge is 0.0200 e. The first-order valence-electron chi connectivity index (χ1n) is 10.8. The van der Waals surface area contributed by atoms with Gasteiger partial charge < -0.3 is 0 Å². The quantitative estimate of drug-likeness (QED) is 0.228. The van der Waals surface area contributed by atoms with E-state index in [4.69, 9.17) is 0 Å². The minimum absolute atomic E-state index is 1.24. The lowest BCUT2D eigenvalue weighted by atomic mass is 10.1. The van der Waals surface area contributed by atoms with Crippen molar-refractivity contribution in [3.8, 4) is 11.1 Å². The van der Waals surface area contributed by atoms with Crippen molar-refractivity contribution in [2.24, 2.45) is 0 Å². The molecule has 0 nitrogen and oxygen atoms in total. The summed E-state index contributed by atoms with van der Waals surface area (Å²) >= 11 is 5.40. The van der Waals surface area contributed by atoms with Crippen molar-refractivity contribution in [3.05, 3.63) is 133 Å². The maximum atomic E-state index is 2.23. The second-order valence-electron chi connectivity index (χ2n) is 7.42. The third-order valence-electron chi connectivity index (χ3n) is 5.06. The van der Waals surface area contributed by atoms with Crippen LogP contribution < -0.4 is 0 Å². The number of hydrogen-bond donors (Lipinski definition) is 0. The van der Waals surface area contributed by atoms with Crippen LogP contribution in [0.4, 0.5) is 0 Å². The van der Waals surface area contributed by atoms with Gasteiger partial charge >= 0.3 is 0 Å². The maximum absolute atomic E-state index is 2.23. The van der Waals surface area contributed by atoms with Crippen molar-refractivity contribution in [3.63, 3.8) is 0 Å². The zero-order valence-electron chi connectivity index (χ0n) is 17.9. The first kappa shape index (κ1) is 22.0. The molecule has 0 saturated heterocycles. The summed E-state index contributed by atoms with van der Waals surface area (Å²) in [5, 5.41) is 0. The van der Waals surface area contributed by atoms with Crippen LogP contribution in [0.25, 0.3) is 11.1 Å². The molecule has 0 radical (unpaired) electrons. The molecule has 5 aromatic carbocycles. The molecule has 3 heteroatoms. The van der Waals surface area contributed by atoms with Gasteiger partial charge in [-0.05, 0) is 77.9 Å². The van der Waals surface area contributed by atoms with Crippen molar-refractivity contribution in [1.82, 2.24) is 0 Å². The van der Waals surface area contributed by atoms with Crippen LogP contribution in [0.2, 0.25) is 0 Å². The highest BCUT2D eigenvalue weighted by atomic mass is 32.2. The van der Waals surface area contributed by atoms with Gasteiger partial charge in [-0.3, -0.25) is 0 Å². The van der Waals surface area contributed by atoms with Gasteiger partial charge in [-0.15, -0.1) is 0 Å². The largest absolute Gasteiger partial charge is 0.0901 e. The summed E-state index contributed by atoms with van der Waals surface area (Å²) in [5.74, 6) is 0. The van der Waals surface area contributed by atoms with Gasteiger partial charge in [0.2, 0.25) is 0 Å². The Kier molecular flexibility index (Phi) is 7.22. The van der Waals surface area contributed by atoms with E-state index in [2.05, 4.69) is 133 Å². The lowest BCUT2D eigenvalue weighted by Gasteiger charge is -2.11. The Morgan fingerprint density at radius 2 is 0.697 bits per heavy atom. The van der Waals surface area contributed by atoms with Crippen molar-refractivity contribution < 1.29 is 0 Å². The topological polar surface area (TPSA) is 0 Å². The van der Waals surface area contributed by atoms with E-state index >= 15 is 0 Å². The molecular weight excluding hydrogens is 457 g/mol. The van der Waals surface area contributed by atoms with E-state index in [-0.39, 0.29) is 0 Å². The summed E-state index contributed by atoms with van der Waals surface area (Å²) in [6.07, 6.45) is 0. The molecule has 0 spiro atoms. The predicted molar refractivity (Wildman–Crippen MR) is 144 cm³/mol. The van der Waals surface area contributed by atoms with Crippen LogP contribution in [0.1, 0.15) is 0 Å². The fourth-order valence-corrected chi connectivity index (χ4v) is 6.09. The van der Waals surface area contributed by atoms with Crippen LogP contribution in [0.5, 0.6) is 0 Å². The molecule has 0 fully saturated rings. The normalized spacial score (nSPS) is 10.8. The summed E-state index contributed by atoms with van der Waals surface area (Å²) in [6, 6.07) is 47.4. The second kappa shape index (κ2) is 10.8. The highest BCUT2D eigenvalue weighted by Gasteiger charge is 2.08. The molecule has 160 valence electrons. The van der Waals surface area contributed by atoms with Crippen LogP contribution in [-0.2, 0) is 0 Å². The molecular formula is C30H22S3.